The number of carbonyl (C=O) groups excluding carboxylic acids is 1. The summed E-state index contributed by atoms with van der Waals surface area (Å²) in [7, 11) is 0. The van der Waals surface area contributed by atoms with Gasteiger partial charge in [-0.1, -0.05) is 27.7 Å². The molecule has 5 fully saturated rings. The molecule has 0 unspecified atom stereocenters. The van der Waals surface area contributed by atoms with Gasteiger partial charge in [0.15, 0.2) is 0 Å². The second-order valence-corrected chi connectivity index (χ2v) is 13.2. The summed E-state index contributed by atoms with van der Waals surface area (Å²) in [4.78, 5) is 13.4. The molecule has 1 saturated heterocycles. The van der Waals surface area contributed by atoms with Gasteiger partial charge in [0.05, 0.1) is 5.60 Å². The third-order valence-corrected chi connectivity index (χ3v) is 12.2. The fraction of sp³-hybridized carbons (Fsp3) is 0.966. The smallest absolute Gasteiger partial charge is 0.139 e. The van der Waals surface area contributed by atoms with Gasteiger partial charge in [0.25, 0.3) is 0 Å². The molecule has 0 spiro atoms. The number of Topliss-reactive ketones (excluding diaryl/α,β-unsaturated/α-hetero) is 1. The number of hydrogen-bond acceptors (Lipinski definition) is 3. The van der Waals surface area contributed by atoms with Crippen LogP contribution >= 0.6 is 0 Å². The van der Waals surface area contributed by atoms with Gasteiger partial charge < -0.3 is 9.84 Å². The molecule has 0 bridgehead atoms. The first-order valence-corrected chi connectivity index (χ1v) is 14.1. The predicted octanol–water partition coefficient (Wildman–Crippen LogP) is 6.42. The Labute approximate surface area is 196 Å². The normalized spacial score (nSPS) is 50.2. The molecule has 0 aromatic rings. The van der Waals surface area contributed by atoms with Crippen molar-refractivity contribution in [1.29, 1.82) is 0 Å². The maximum absolute atomic E-state index is 13.4. The van der Waals surface area contributed by atoms with E-state index in [1.165, 1.54) is 44.9 Å². The lowest BCUT2D eigenvalue weighted by atomic mass is 9.43. The lowest BCUT2D eigenvalue weighted by Gasteiger charge is -2.62. The monoisotopic (exact) mass is 444 g/mol. The van der Waals surface area contributed by atoms with Gasteiger partial charge in [0, 0.05) is 25.0 Å². The van der Waals surface area contributed by atoms with Crippen molar-refractivity contribution in [2.24, 2.45) is 52.3 Å². The lowest BCUT2D eigenvalue weighted by molar-refractivity contribution is -0.154. The van der Waals surface area contributed by atoms with E-state index in [-0.39, 0.29) is 11.8 Å². The molecule has 1 aliphatic heterocycles. The molecule has 182 valence electrons. The van der Waals surface area contributed by atoms with Crippen LogP contribution in [0, 0.1) is 52.3 Å². The van der Waals surface area contributed by atoms with Gasteiger partial charge in [-0.2, -0.15) is 0 Å². The van der Waals surface area contributed by atoms with E-state index >= 15 is 0 Å². The molecule has 32 heavy (non-hydrogen) atoms. The summed E-state index contributed by atoms with van der Waals surface area (Å²) in [6.45, 7) is 11.1. The Kier molecular flexibility index (Phi) is 6.10. The average Bonchev–Trinajstić information content (AvgIpc) is 3.16. The molecule has 5 aliphatic rings. The fourth-order valence-corrected chi connectivity index (χ4v) is 10.1. The Balaban J connectivity index is 1.32. The highest BCUT2D eigenvalue weighted by molar-refractivity contribution is 5.83. The van der Waals surface area contributed by atoms with Crippen LogP contribution in [0.5, 0.6) is 0 Å². The summed E-state index contributed by atoms with van der Waals surface area (Å²) >= 11 is 0. The van der Waals surface area contributed by atoms with Crippen LogP contribution in [0.3, 0.4) is 0 Å². The lowest BCUT2D eigenvalue weighted by Crippen LogP contribution is -2.56. The molecule has 1 heterocycles. The van der Waals surface area contributed by atoms with Crippen LogP contribution < -0.4 is 0 Å². The van der Waals surface area contributed by atoms with Crippen molar-refractivity contribution in [1.82, 2.24) is 0 Å². The van der Waals surface area contributed by atoms with Crippen LogP contribution in [-0.4, -0.2) is 29.7 Å². The summed E-state index contributed by atoms with van der Waals surface area (Å²) in [5, 5.41) is 11.0. The second-order valence-electron chi connectivity index (χ2n) is 13.2. The SMILES string of the molecule is CC[C@]1(O)CC[C@@]2(C)[C@@H](CC[C@@H]3[C@@H]2CC[C@]2(C)[C@@H]([C@H](C)C(=O)C4CCOCC4)CC[C@@H]32)C1. The minimum Gasteiger partial charge on any atom is -0.390 e. The first-order valence-electron chi connectivity index (χ1n) is 14.1. The summed E-state index contributed by atoms with van der Waals surface area (Å²) in [5.41, 5.74) is 0.370. The Bertz CT molecular complexity index is 713. The molecule has 0 aromatic carbocycles. The van der Waals surface area contributed by atoms with E-state index in [9.17, 15) is 9.90 Å². The van der Waals surface area contributed by atoms with Crippen LogP contribution in [0.2, 0.25) is 0 Å². The standard InChI is InChI=1S/C29H48O3/c1-5-29(31)15-14-27(3)21(18-29)6-7-22-24-9-8-23(28(24,4)13-10-25(22)27)19(2)26(30)20-11-16-32-17-12-20/h19-25,31H,5-18H2,1-4H3/t19-,21-,22-,23+,24-,25-,27-,28+,29-/m0/s1. The molecule has 4 saturated carbocycles. The van der Waals surface area contributed by atoms with E-state index in [2.05, 4.69) is 27.7 Å². The van der Waals surface area contributed by atoms with Crippen LogP contribution in [0.1, 0.15) is 105 Å². The third kappa shape index (κ3) is 3.55. The Morgan fingerprint density at radius 2 is 1.66 bits per heavy atom. The van der Waals surface area contributed by atoms with Crippen molar-refractivity contribution in [2.45, 2.75) is 110 Å². The van der Waals surface area contributed by atoms with Crippen LogP contribution in [0.4, 0.5) is 0 Å². The van der Waals surface area contributed by atoms with Crippen molar-refractivity contribution >= 4 is 5.78 Å². The third-order valence-electron chi connectivity index (χ3n) is 12.2. The number of aliphatic hydroxyl groups is 1. The highest BCUT2D eigenvalue weighted by Crippen LogP contribution is 2.69. The van der Waals surface area contributed by atoms with E-state index in [0.29, 0.717) is 28.4 Å². The van der Waals surface area contributed by atoms with Crippen molar-refractivity contribution in [3.8, 4) is 0 Å². The summed E-state index contributed by atoms with van der Waals surface area (Å²) in [6.07, 6.45) is 14.0. The molecular weight excluding hydrogens is 396 g/mol. The fourth-order valence-electron chi connectivity index (χ4n) is 10.1. The van der Waals surface area contributed by atoms with Gasteiger partial charge in [-0.05, 0) is 117 Å². The Morgan fingerprint density at radius 3 is 2.38 bits per heavy atom. The molecule has 0 radical (unpaired) electrons. The molecule has 1 N–H and O–H groups in total. The summed E-state index contributed by atoms with van der Waals surface area (Å²) in [5.74, 6) is 4.77. The minimum absolute atomic E-state index is 0.214. The number of fused-ring (bicyclic) bond motifs is 5. The molecule has 0 amide bonds. The second kappa shape index (κ2) is 8.36. The van der Waals surface area contributed by atoms with Crippen molar-refractivity contribution in [3.63, 3.8) is 0 Å². The quantitative estimate of drug-likeness (QED) is 0.544. The topological polar surface area (TPSA) is 46.5 Å². The molecule has 3 heteroatoms. The number of ether oxygens (including phenoxy) is 1. The van der Waals surface area contributed by atoms with Gasteiger partial charge in [0.2, 0.25) is 0 Å². The van der Waals surface area contributed by atoms with E-state index in [4.69, 9.17) is 4.74 Å². The van der Waals surface area contributed by atoms with Crippen molar-refractivity contribution in [3.05, 3.63) is 0 Å². The first-order chi connectivity index (χ1) is 15.2. The van der Waals surface area contributed by atoms with Crippen molar-refractivity contribution < 1.29 is 14.6 Å². The minimum atomic E-state index is -0.404. The zero-order valence-corrected chi connectivity index (χ0v) is 21.2. The van der Waals surface area contributed by atoms with E-state index in [1.54, 1.807) is 0 Å². The van der Waals surface area contributed by atoms with Gasteiger partial charge >= 0.3 is 0 Å². The van der Waals surface area contributed by atoms with Crippen LogP contribution in [0.25, 0.3) is 0 Å². The van der Waals surface area contributed by atoms with E-state index in [0.717, 1.165) is 63.1 Å². The maximum atomic E-state index is 13.4. The Hall–Kier alpha value is -0.410. The largest absolute Gasteiger partial charge is 0.390 e. The highest BCUT2D eigenvalue weighted by Gasteiger charge is 2.62. The molecule has 9 atom stereocenters. The highest BCUT2D eigenvalue weighted by atomic mass is 16.5. The van der Waals surface area contributed by atoms with E-state index < -0.39 is 5.60 Å². The maximum Gasteiger partial charge on any atom is 0.139 e. The first kappa shape index (κ1) is 23.3. The molecule has 4 aliphatic carbocycles. The Morgan fingerprint density at radius 1 is 0.938 bits per heavy atom. The molecule has 0 aromatic heterocycles. The van der Waals surface area contributed by atoms with Crippen LogP contribution in [-0.2, 0) is 9.53 Å². The molecule has 5 rings (SSSR count). The molecule has 3 nitrogen and oxygen atoms in total. The molecular formula is C29H48O3. The number of carbonyl (C=O) groups is 1. The summed E-state index contributed by atoms with van der Waals surface area (Å²) in [6, 6.07) is 0. The van der Waals surface area contributed by atoms with Gasteiger partial charge in [-0.3, -0.25) is 4.79 Å². The van der Waals surface area contributed by atoms with Gasteiger partial charge in [-0.15, -0.1) is 0 Å². The number of hydrogen-bond donors (Lipinski definition) is 1. The zero-order chi connectivity index (χ0) is 22.7. The number of ketones is 1. The van der Waals surface area contributed by atoms with E-state index in [1.807, 2.05) is 0 Å². The van der Waals surface area contributed by atoms with Crippen LogP contribution in [0.15, 0.2) is 0 Å². The number of rotatable bonds is 4. The van der Waals surface area contributed by atoms with Gasteiger partial charge in [0.1, 0.15) is 5.78 Å². The predicted molar refractivity (Wildman–Crippen MR) is 128 cm³/mol. The zero-order valence-electron chi connectivity index (χ0n) is 21.2. The average molecular weight is 445 g/mol. The summed E-state index contributed by atoms with van der Waals surface area (Å²) < 4.78 is 5.52. The van der Waals surface area contributed by atoms with Crippen molar-refractivity contribution in [2.75, 3.05) is 13.2 Å². The van der Waals surface area contributed by atoms with Gasteiger partial charge in [-0.25, -0.2) is 0 Å².